The van der Waals surface area contributed by atoms with Gasteiger partial charge in [0, 0.05) is 11.0 Å². The van der Waals surface area contributed by atoms with Gasteiger partial charge < -0.3 is 14.9 Å². The molecule has 1 fully saturated rings. The molecule has 1 amide bonds. The molecule has 0 radical (unpaired) electrons. The van der Waals surface area contributed by atoms with E-state index in [0.717, 1.165) is 14.9 Å². The van der Waals surface area contributed by atoms with Crippen LogP contribution in [0.25, 0.3) is 0 Å². The van der Waals surface area contributed by atoms with Crippen molar-refractivity contribution >= 4 is 28.0 Å². The van der Waals surface area contributed by atoms with Crippen LogP contribution in [0.2, 0.25) is 0 Å². The lowest BCUT2D eigenvalue weighted by Gasteiger charge is -2.22. The predicted octanol–water partition coefficient (Wildman–Crippen LogP) is 1.61. The molecule has 0 bridgehead atoms. The van der Waals surface area contributed by atoms with E-state index >= 15 is 0 Å². The third kappa shape index (κ3) is 3.29. The minimum absolute atomic E-state index is 0.0606. The Morgan fingerprint density at radius 1 is 1.35 bits per heavy atom. The Morgan fingerprint density at radius 3 is 2.60 bits per heavy atom. The summed E-state index contributed by atoms with van der Waals surface area (Å²) >= 11 is 3.30. The molecular weight excluding hydrogens is 330 g/mol. The van der Waals surface area contributed by atoms with E-state index in [-0.39, 0.29) is 19.6 Å². The number of amides is 1. The number of aliphatic hydroxyl groups excluding tert-OH is 1. The normalized spacial score (nSPS) is 21.8. The van der Waals surface area contributed by atoms with E-state index in [4.69, 9.17) is 9.84 Å². The molecule has 1 aromatic rings. The molecule has 1 aromatic carbocycles. The van der Waals surface area contributed by atoms with Crippen LogP contribution in [0, 0.1) is 0 Å². The molecule has 7 heteroatoms. The maximum atomic E-state index is 11.9. The van der Waals surface area contributed by atoms with Gasteiger partial charge >= 0.3 is 12.1 Å². The molecule has 0 saturated carbocycles. The number of likely N-dealkylation sites (tertiary alicyclic amines) is 1. The molecule has 2 rings (SSSR count). The number of nitrogens with zero attached hydrogens (tertiary/aromatic N) is 1. The van der Waals surface area contributed by atoms with Crippen molar-refractivity contribution in [2.75, 3.05) is 6.54 Å². The van der Waals surface area contributed by atoms with E-state index in [0.29, 0.717) is 0 Å². The number of carbonyl (C=O) groups is 2. The molecule has 0 aromatic heterocycles. The lowest BCUT2D eigenvalue weighted by Crippen LogP contribution is -2.45. The van der Waals surface area contributed by atoms with Crippen LogP contribution < -0.4 is 0 Å². The highest BCUT2D eigenvalue weighted by atomic mass is 79.9. The van der Waals surface area contributed by atoms with Crippen molar-refractivity contribution < 1.29 is 24.5 Å². The van der Waals surface area contributed by atoms with E-state index in [1.807, 2.05) is 12.1 Å². The lowest BCUT2D eigenvalue weighted by molar-refractivity contribution is -0.144. The Hall–Kier alpha value is -1.60. The quantitative estimate of drug-likeness (QED) is 0.870. The smallest absolute Gasteiger partial charge is 0.410 e. The highest BCUT2D eigenvalue weighted by Crippen LogP contribution is 2.20. The fourth-order valence-corrected chi connectivity index (χ4v) is 2.35. The molecule has 6 nitrogen and oxygen atoms in total. The number of halogens is 1. The Bertz CT molecular complexity index is 504. The van der Waals surface area contributed by atoms with Crippen molar-refractivity contribution in [1.82, 2.24) is 4.90 Å². The summed E-state index contributed by atoms with van der Waals surface area (Å²) in [5, 5.41) is 18.6. The number of ether oxygens (including phenoxy) is 1. The Morgan fingerprint density at radius 2 is 2.00 bits per heavy atom. The number of hydrogen-bond donors (Lipinski definition) is 2. The Labute approximate surface area is 124 Å². The van der Waals surface area contributed by atoms with Gasteiger partial charge in [-0.05, 0) is 24.1 Å². The van der Waals surface area contributed by atoms with Gasteiger partial charge in [0.2, 0.25) is 0 Å². The molecule has 2 atom stereocenters. The zero-order valence-corrected chi connectivity index (χ0v) is 12.1. The van der Waals surface area contributed by atoms with Crippen molar-refractivity contribution in [3.63, 3.8) is 0 Å². The highest BCUT2D eigenvalue weighted by Gasteiger charge is 2.41. The first-order valence-electron chi connectivity index (χ1n) is 6.08. The highest BCUT2D eigenvalue weighted by molar-refractivity contribution is 9.10. The Kier molecular flexibility index (Phi) is 4.61. The van der Waals surface area contributed by atoms with Gasteiger partial charge in [-0.3, -0.25) is 4.90 Å². The van der Waals surface area contributed by atoms with Crippen molar-refractivity contribution in [3.05, 3.63) is 34.3 Å². The van der Waals surface area contributed by atoms with Crippen LogP contribution in [-0.4, -0.2) is 45.9 Å². The first-order valence-corrected chi connectivity index (χ1v) is 6.87. The molecule has 20 heavy (non-hydrogen) atoms. The third-order valence-electron chi connectivity index (χ3n) is 3.13. The van der Waals surface area contributed by atoms with E-state index in [9.17, 15) is 14.7 Å². The second kappa shape index (κ2) is 6.23. The minimum atomic E-state index is -1.23. The largest absolute Gasteiger partial charge is 0.480 e. The van der Waals surface area contributed by atoms with Crippen LogP contribution in [0.3, 0.4) is 0 Å². The molecule has 0 aliphatic carbocycles. The summed E-state index contributed by atoms with van der Waals surface area (Å²) in [6.45, 7) is 0.238. The maximum absolute atomic E-state index is 11.9. The minimum Gasteiger partial charge on any atom is -0.480 e. The van der Waals surface area contributed by atoms with Crippen LogP contribution in [0.5, 0.6) is 0 Å². The summed E-state index contributed by atoms with van der Waals surface area (Å²) in [4.78, 5) is 23.9. The number of carboxylic acid groups (broad SMARTS) is 1. The van der Waals surface area contributed by atoms with Crippen LogP contribution in [0.1, 0.15) is 12.0 Å². The molecule has 1 heterocycles. The monoisotopic (exact) mass is 343 g/mol. The fraction of sp³-hybridized carbons (Fsp3) is 0.385. The van der Waals surface area contributed by atoms with Crippen molar-refractivity contribution in [2.24, 2.45) is 0 Å². The van der Waals surface area contributed by atoms with Gasteiger partial charge in [0.25, 0.3) is 0 Å². The average Bonchev–Trinajstić information content (AvgIpc) is 2.80. The molecule has 2 N–H and O–H groups in total. The number of carboxylic acids is 1. The van der Waals surface area contributed by atoms with Gasteiger partial charge in [0.1, 0.15) is 6.61 Å². The van der Waals surface area contributed by atoms with Gasteiger partial charge in [-0.2, -0.15) is 0 Å². The predicted molar refractivity (Wildman–Crippen MR) is 73.1 cm³/mol. The second-order valence-electron chi connectivity index (χ2n) is 4.51. The van der Waals surface area contributed by atoms with Gasteiger partial charge in [-0.1, -0.05) is 28.1 Å². The number of hydrogen-bond acceptors (Lipinski definition) is 4. The summed E-state index contributed by atoms with van der Waals surface area (Å²) in [5.41, 5.74) is 0.799. The molecule has 1 aliphatic heterocycles. The summed E-state index contributed by atoms with van der Waals surface area (Å²) in [5.74, 6) is -1.23. The van der Waals surface area contributed by atoms with E-state index in [1.165, 1.54) is 0 Å². The third-order valence-corrected chi connectivity index (χ3v) is 3.66. The topological polar surface area (TPSA) is 87.1 Å². The maximum Gasteiger partial charge on any atom is 0.410 e. The number of carbonyl (C=O) groups excluding carboxylic acids is 1. The molecular formula is C13H14BrNO5. The average molecular weight is 344 g/mol. The molecule has 1 aliphatic rings. The number of aliphatic hydroxyl groups is 1. The molecule has 1 saturated heterocycles. The van der Waals surface area contributed by atoms with Crippen LogP contribution in [0.15, 0.2) is 28.7 Å². The fourth-order valence-electron chi connectivity index (χ4n) is 2.09. The van der Waals surface area contributed by atoms with Gasteiger partial charge in [0.15, 0.2) is 6.04 Å². The lowest BCUT2D eigenvalue weighted by atomic mass is 10.2. The number of benzene rings is 1. The first-order chi connectivity index (χ1) is 9.49. The van der Waals surface area contributed by atoms with Crippen molar-refractivity contribution in [2.45, 2.75) is 25.2 Å². The van der Waals surface area contributed by atoms with E-state index < -0.39 is 24.2 Å². The van der Waals surface area contributed by atoms with Crippen LogP contribution in [0.4, 0.5) is 4.79 Å². The standard InChI is InChI=1S/C13H14BrNO5/c14-9-3-1-8(2-4-9)7-20-13(19)15-6-5-10(16)11(15)12(17)18/h1-4,10-11,16H,5-7H2,(H,17,18). The van der Waals surface area contributed by atoms with Crippen LogP contribution in [-0.2, 0) is 16.1 Å². The molecule has 0 spiro atoms. The zero-order valence-electron chi connectivity index (χ0n) is 10.5. The van der Waals surface area contributed by atoms with Gasteiger partial charge in [0.05, 0.1) is 6.10 Å². The molecule has 2 unspecified atom stereocenters. The first kappa shape index (κ1) is 14.8. The van der Waals surface area contributed by atoms with E-state index in [1.54, 1.807) is 12.1 Å². The van der Waals surface area contributed by atoms with Crippen molar-refractivity contribution in [3.8, 4) is 0 Å². The second-order valence-corrected chi connectivity index (χ2v) is 5.43. The van der Waals surface area contributed by atoms with Gasteiger partial charge in [-0.15, -0.1) is 0 Å². The number of rotatable bonds is 3. The van der Waals surface area contributed by atoms with Crippen molar-refractivity contribution in [1.29, 1.82) is 0 Å². The molecule has 108 valence electrons. The SMILES string of the molecule is O=C(O)C1C(O)CCN1C(=O)OCc1ccc(Br)cc1. The summed E-state index contributed by atoms with van der Waals surface area (Å²) in [6, 6.07) is 6.01. The van der Waals surface area contributed by atoms with E-state index in [2.05, 4.69) is 15.9 Å². The number of aliphatic carboxylic acids is 1. The van der Waals surface area contributed by atoms with Gasteiger partial charge in [-0.25, -0.2) is 9.59 Å². The summed E-state index contributed by atoms with van der Waals surface area (Å²) in [6.07, 6.45) is -1.53. The Balaban J connectivity index is 1.94. The zero-order chi connectivity index (χ0) is 14.7. The summed E-state index contributed by atoms with van der Waals surface area (Å²) < 4.78 is 6.00. The summed E-state index contributed by atoms with van der Waals surface area (Å²) in [7, 11) is 0. The van der Waals surface area contributed by atoms with Crippen LogP contribution >= 0.6 is 15.9 Å².